The normalized spacial score (nSPS) is 44.4. The molecule has 0 radical (unpaired) electrons. The average Bonchev–Trinajstić information content (AvgIpc) is 2.23. The Kier molecular flexibility index (Phi) is 3.54. The Morgan fingerprint density at radius 3 is 2.28 bits per heavy atom. The third kappa shape index (κ3) is 2.10. The zero-order valence-corrected chi connectivity index (χ0v) is 11.9. The molecule has 4 rings (SSSR count). The highest BCUT2D eigenvalue weighted by molar-refractivity contribution is 5.85. The van der Waals surface area contributed by atoms with Crippen LogP contribution in [0.15, 0.2) is 0 Å². The predicted molar refractivity (Wildman–Crippen MR) is 71.7 cm³/mol. The molecule has 4 saturated carbocycles. The Hall–Kier alpha value is -0.480. The molecule has 0 aliphatic heterocycles. The van der Waals surface area contributed by atoms with Gasteiger partial charge in [-0.05, 0) is 49.9 Å². The van der Waals surface area contributed by atoms with E-state index in [-0.39, 0.29) is 24.1 Å². The summed E-state index contributed by atoms with van der Waals surface area (Å²) >= 11 is 0. The average molecular weight is 275 g/mol. The smallest absolute Gasteiger partial charge is 0.409 e. The molecule has 1 amide bonds. The molecule has 0 saturated heterocycles. The summed E-state index contributed by atoms with van der Waals surface area (Å²) in [6.45, 7) is 0. The van der Waals surface area contributed by atoms with Gasteiger partial charge in [-0.1, -0.05) is 0 Å². The van der Waals surface area contributed by atoms with Gasteiger partial charge < -0.3 is 15.4 Å². The third-order valence-corrected chi connectivity index (χ3v) is 4.96. The van der Waals surface area contributed by atoms with Crippen molar-refractivity contribution in [3.05, 3.63) is 0 Å². The Morgan fingerprint density at radius 1 is 1.22 bits per heavy atom. The number of hydrogen-bond donors (Lipinski definition) is 1. The van der Waals surface area contributed by atoms with Crippen molar-refractivity contribution in [3.8, 4) is 0 Å². The molecule has 0 aromatic rings. The monoisotopic (exact) mass is 274 g/mol. The molecular formula is C13H23ClN2O2. The molecule has 5 heteroatoms. The zero-order chi connectivity index (χ0) is 12.2. The number of carbonyl (C=O) groups excluding carboxylic acids is 1. The Labute approximate surface area is 115 Å². The molecule has 18 heavy (non-hydrogen) atoms. The number of amides is 1. The van der Waals surface area contributed by atoms with Crippen LogP contribution in [-0.4, -0.2) is 36.7 Å². The van der Waals surface area contributed by atoms with Gasteiger partial charge in [-0.15, -0.1) is 12.4 Å². The minimum Gasteiger partial charge on any atom is -0.443 e. The van der Waals surface area contributed by atoms with Gasteiger partial charge in [-0.25, -0.2) is 4.79 Å². The molecule has 104 valence electrons. The summed E-state index contributed by atoms with van der Waals surface area (Å²) in [7, 11) is 3.49. The lowest BCUT2D eigenvalue weighted by Crippen LogP contribution is -2.61. The lowest BCUT2D eigenvalue weighted by molar-refractivity contribution is -0.139. The second-order valence-electron chi connectivity index (χ2n) is 6.49. The van der Waals surface area contributed by atoms with Gasteiger partial charge in [-0.3, -0.25) is 0 Å². The number of nitrogens with two attached hydrogens (primary N) is 1. The summed E-state index contributed by atoms with van der Waals surface area (Å²) in [5.41, 5.74) is 6.08. The first-order valence-corrected chi connectivity index (χ1v) is 6.65. The van der Waals surface area contributed by atoms with Crippen molar-refractivity contribution in [2.45, 2.75) is 43.7 Å². The number of rotatable bonds is 1. The van der Waals surface area contributed by atoms with Crippen LogP contribution < -0.4 is 5.73 Å². The van der Waals surface area contributed by atoms with Gasteiger partial charge in [0.15, 0.2) is 0 Å². The fraction of sp³-hybridized carbons (Fsp3) is 0.923. The minimum atomic E-state index is -0.194. The first-order chi connectivity index (χ1) is 7.99. The van der Waals surface area contributed by atoms with Crippen molar-refractivity contribution in [1.82, 2.24) is 4.90 Å². The maximum Gasteiger partial charge on any atom is 0.409 e. The van der Waals surface area contributed by atoms with Crippen LogP contribution in [-0.2, 0) is 4.74 Å². The molecule has 2 N–H and O–H groups in total. The maximum atomic E-state index is 11.8. The van der Waals surface area contributed by atoms with Crippen molar-refractivity contribution in [1.29, 1.82) is 0 Å². The summed E-state index contributed by atoms with van der Waals surface area (Å²) in [4.78, 5) is 13.3. The van der Waals surface area contributed by atoms with E-state index < -0.39 is 0 Å². The largest absolute Gasteiger partial charge is 0.443 e. The molecule has 2 atom stereocenters. The topological polar surface area (TPSA) is 55.6 Å². The maximum absolute atomic E-state index is 11.8. The van der Waals surface area contributed by atoms with E-state index in [9.17, 15) is 4.79 Å². The van der Waals surface area contributed by atoms with Crippen LogP contribution >= 0.6 is 12.4 Å². The number of halogens is 1. The van der Waals surface area contributed by atoms with Gasteiger partial charge in [0, 0.05) is 20.1 Å². The summed E-state index contributed by atoms with van der Waals surface area (Å²) < 4.78 is 5.79. The van der Waals surface area contributed by atoms with E-state index in [0.717, 1.165) is 25.2 Å². The molecule has 2 unspecified atom stereocenters. The second kappa shape index (κ2) is 4.57. The van der Waals surface area contributed by atoms with Crippen LogP contribution in [0.4, 0.5) is 4.79 Å². The van der Waals surface area contributed by atoms with E-state index in [1.165, 1.54) is 17.7 Å². The van der Waals surface area contributed by atoms with Gasteiger partial charge in [-0.2, -0.15) is 0 Å². The molecule has 0 aromatic heterocycles. The highest BCUT2D eigenvalue weighted by Gasteiger charge is 2.56. The summed E-state index contributed by atoms with van der Waals surface area (Å²) in [5.74, 6) is 1.90. The molecule has 4 fully saturated rings. The van der Waals surface area contributed by atoms with E-state index in [1.807, 2.05) is 0 Å². The van der Waals surface area contributed by atoms with E-state index in [4.69, 9.17) is 10.5 Å². The van der Waals surface area contributed by atoms with Crippen molar-refractivity contribution in [2.75, 3.05) is 14.1 Å². The number of ether oxygens (including phenoxy) is 1. The molecule has 0 spiro atoms. The predicted octanol–water partition coefficient (Wildman–Crippen LogP) is 2.01. The summed E-state index contributed by atoms with van der Waals surface area (Å²) in [6.07, 6.45) is 5.34. The quantitative estimate of drug-likeness (QED) is 0.796. The Morgan fingerprint density at radius 2 is 1.78 bits per heavy atom. The van der Waals surface area contributed by atoms with Gasteiger partial charge in [0.1, 0.15) is 5.60 Å². The molecular weight excluding hydrogens is 252 g/mol. The zero-order valence-electron chi connectivity index (χ0n) is 11.1. The van der Waals surface area contributed by atoms with Gasteiger partial charge in [0.2, 0.25) is 0 Å². The third-order valence-electron chi connectivity index (χ3n) is 4.96. The molecule has 0 aromatic carbocycles. The van der Waals surface area contributed by atoms with Crippen molar-refractivity contribution in [3.63, 3.8) is 0 Å². The molecule has 4 nitrogen and oxygen atoms in total. The lowest BCUT2D eigenvalue weighted by Gasteiger charge is -2.58. The molecule has 4 bridgehead atoms. The standard InChI is InChI=1S/C13H22N2O2.ClH/c1-15(2)12(16)17-13-5-8-3-9(6-13)11(14)10(4-8)7-13;/h8-11H,3-7,14H2,1-2H3;1H. The number of hydrogen-bond acceptors (Lipinski definition) is 3. The minimum absolute atomic E-state index is 0. The first-order valence-electron chi connectivity index (χ1n) is 6.65. The van der Waals surface area contributed by atoms with E-state index in [0.29, 0.717) is 17.9 Å². The van der Waals surface area contributed by atoms with Crippen LogP contribution in [0.1, 0.15) is 32.1 Å². The van der Waals surface area contributed by atoms with Gasteiger partial charge >= 0.3 is 6.09 Å². The summed E-state index contributed by atoms with van der Waals surface area (Å²) in [6, 6.07) is 0.345. The van der Waals surface area contributed by atoms with Crippen LogP contribution in [0.3, 0.4) is 0 Å². The Balaban J connectivity index is 0.00000120. The van der Waals surface area contributed by atoms with Crippen LogP contribution in [0.5, 0.6) is 0 Å². The van der Waals surface area contributed by atoms with E-state index in [2.05, 4.69) is 0 Å². The van der Waals surface area contributed by atoms with E-state index >= 15 is 0 Å². The fourth-order valence-corrected chi connectivity index (χ4v) is 4.39. The van der Waals surface area contributed by atoms with Crippen molar-refractivity contribution >= 4 is 18.5 Å². The van der Waals surface area contributed by atoms with Crippen molar-refractivity contribution in [2.24, 2.45) is 23.5 Å². The summed E-state index contributed by atoms with van der Waals surface area (Å²) in [5, 5.41) is 0. The van der Waals surface area contributed by atoms with Crippen LogP contribution in [0.25, 0.3) is 0 Å². The van der Waals surface area contributed by atoms with E-state index in [1.54, 1.807) is 14.1 Å². The number of nitrogens with zero attached hydrogens (tertiary/aromatic N) is 1. The second-order valence-corrected chi connectivity index (χ2v) is 6.49. The molecule has 0 heterocycles. The van der Waals surface area contributed by atoms with Crippen LogP contribution in [0, 0.1) is 17.8 Å². The van der Waals surface area contributed by atoms with Gasteiger partial charge in [0.05, 0.1) is 0 Å². The fourth-order valence-electron chi connectivity index (χ4n) is 4.39. The van der Waals surface area contributed by atoms with Crippen molar-refractivity contribution < 1.29 is 9.53 Å². The lowest BCUT2D eigenvalue weighted by atomic mass is 9.52. The number of carbonyl (C=O) groups is 1. The van der Waals surface area contributed by atoms with Gasteiger partial charge in [0.25, 0.3) is 0 Å². The molecule has 4 aliphatic carbocycles. The van der Waals surface area contributed by atoms with Crippen LogP contribution in [0.2, 0.25) is 0 Å². The molecule has 4 aliphatic rings. The SMILES string of the molecule is CN(C)C(=O)OC12CC3CC(C1)C(N)C(C3)C2.Cl. The Bertz CT molecular complexity index is 332. The highest BCUT2D eigenvalue weighted by atomic mass is 35.5. The first kappa shape index (κ1) is 13.9. The highest BCUT2D eigenvalue weighted by Crippen LogP contribution is 2.56.